The summed E-state index contributed by atoms with van der Waals surface area (Å²) in [4.78, 5) is 15.5. The molecule has 0 aliphatic heterocycles. The van der Waals surface area contributed by atoms with E-state index in [-0.39, 0.29) is 11.4 Å². The van der Waals surface area contributed by atoms with Crippen LogP contribution in [0, 0.1) is 6.92 Å². The van der Waals surface area contributed by atoms with Gasteiger partial charge in [-0.25, -0.2) is 0 Å². The number of hydrogen-bond donors (Lipinski definition) is 1. The lowest BCUT2D eigenvalue weighted by Gasteiger charge is -2.26. The van der Waals surface area contributed by atoms with Crippen molar-refractivity contribution >= 4 is 11.6 Å². The van der Waals surface area contributed by atoms with E-state index in [1.165, 1.54) is 11.1 Å². The summed E-state index contributed by atoms with van der Waals surface area (Å²) in [5.41, 5.74) is 3.63. The second-order valence-electron chi connectivity index (χ2n) is 6.88. The highest BCUT2D eigenvalue weighted by Crippen LogP contribution is 2.21. The molecule has 0 saturated carbocycles. The molecule has 0 spiro atoms. The highest BCUT2D eigenvalue weighted by molar-refractivity contribution is 5.81. The van der Waals surface area contributed by atoms with Gasteiger partial charge in [-0.1, -0.05) is 17.7 Å². The lowest BCUT2D eigenvalue weighted by Crippen LogP contribution is -2.37. The van der Waals surface area contributed by atoms with Crippen LogP contribution in [0.4, 0.5) is 5.69 Å². The van der Waals surface area contributed by atoms with Gasteiger partial charge in [0.05, 0.1) is 6.54 Å². The molecule has 4 heteroatoms. The fraction of sp³-hybridized carbons (Fsp3) is 0.588. The molecule has 0 aliphatic carbocycles. The molecular formula is C17H29N3O. The van der Waals surface area contributed by atoms with Gasteiger partial charge in [0.25, 0.3) is 0 Å². The van der Waals surface area contributed by atoms with E-state index < -0.39 is 0 Å². The fourth-order valence-electron chi connectivity index (χ4n) is 2.02. The Labute approximate surface area is 129 Å². The van der Waals surface area contributed by atoms with Crippen molar-refractivity contribution in [2.45, 2.75) is 39.8 Å². The number of carbonyl (C=O) groups is 1. The standard InChI is InChI=1S/C17H29N3O/c1-13-8-9-15(20(7)12-16(21)19(5)6)14(10-13)11-18-17(2,3)4/h8-10,18H,11-12H2,1-7H3. The first-order chi connectivity index (χ1) is 9.60. The van der Waals surface area contributed by atoms with Gasteiger partial charge in [-0.15, -0.1) is 0 Å². The largest absolute Gasteiger partial charge is 0.365 e. The van der Waals surface area contributed by atoms with Gasteiger partial charge in [0.2, 0.25) is 5.91 Å². The molecule has 0 heterocycles. The maximum absolute atomic E-state index is 11.9. The van der Waals surface area contributed by atoms with E-state index in [1.54, 1.807) is 19.0 Å². The van der Waals surface area contributed by atoms with Crippen LogP contribution in [-0.4, -0.2) is 44.0 Å². The van der Waals surface area contributed by atoms with E-state index in [0.717, 1.165) is 12.2 Å². The van der Waals surface area contributed by atoms with Crippen LogP contribution >= 0.6 is 0 Å². The molecule has 0 saturated heterocycles. The number of benzene rings is 1. The van der Waals surface area contributed by atoms with Crippen LogP contribution in [-0.2, 0) is 11.3 Å². The van der Waals surface area contributed by atoms with Crippen LogP contribution in [0.3, 0.4) is 0 Å². The molecule has 21 heavy (non-hydrogen) atoms. The molecule has 0 aliphatic rings. The molecule has 1 rings (SSSR count). The van der Waals surface area contributed by atoms with E-state index in [9.17, 15) is 4.79 Å². The summed E-state index contributed by atoms with van der Waals surface area (Å²) >= 11 is 0. The minimum Gasteiger partial charge on any atom is -0.365 e. The number of anilines is 1. The number of likely N-dealkylation sites (N-methyl/N-ethyl adjacent to an activating group) is 2. The molecular weight excluding hydrogens is 262 g/mol. The Morgan fingerprint density at radius 1 is 1.19 bits per heavy atom. The van der Waals surface area contributed by atoms with E-state index in [2.05, 4.69) is 51.2 Å². The van der Waals surface area contributed by atoms with Crippen molar-refractivity contribution in [3.05, 3.63) is 29.3 Å². The summed E-state index contributed by atoms with van der Waals surface area (Å²) in [6.07, 6.45) is 0. The van der Waals surface area contributed by atoms with Gasteiger partial charge in [-0.2, -0.15) is 0 Å². The first kappa shape index (κ1) is 17.5. The monoisotopic (exact) mass is 291 g/mol. The average Bonchev–Trinajstić information content (AvgIpc) is 2.35. The number of amides is 1. The lowest BCUT2D eigenvalue weighted by atomic mass is 10.1. The van der Waals surface area contributed by atoms with Crippen molar-refractivity contribution < 1.29 is 4.79 Å². The molecule has 0 aromatic heterocycles. The van der Waals surface area contributed by atoms with Gasteiger partial charge in [-0.05, 0) is 39.3 Å². The van der Waals surface area contributed by atoms with Gasteiger partial charge in [0.1, 0.15) is 0 Å². The highest BCUT2D eigenvalue weighted by Gasteiger charge is 2.15. The average molecular weight is 291 g/mol. The Balaban J connectivity index is 2.92. The zero-order chi connectivity index (χ0) is 16.2. The second-order valence-corrected chi connectivity index (χ2v) is 6.88. The molecule has 1 amide bonds. The predicted octanol–water partition coefficient (Wildman–Crippen LogP) is 2.41. The first-order valence-electron chi connectivity index (χ1n) is 7.36. The summed E-state index contributed by atoms with van der Waals surface area (Å²) in [5, 5.41) is 3.51. The maximum atomic E-state index is 11.9. The van der Waals surface area contributed by atoms with Crippen LogP contribution in [0.2, 0.25) is 0 Å². The van der Waals surface area contributed by atoms with Crippen molar-refractivity contribution in [3.8, 4) is 0 Å². The third-order valence-corrected chi connectivity index (χ3v) is 3.33. The summed E-state index contributed by atoms with van der Waals surface area (Å²) in [6.45, 7) is 9.74. The van der Waals surface area contributed by atoms with Crippen molar-refractivity contribution in [1.82, 2.24) is 10.2 Å². The van der Waals surface area contributed by atoms with Gasteiger partial charge < -0.3 is 15.1 Å². The van der Waals surface area contributed by atoms with Crippen LogP contribution < -0.4 is 10.2 Å². The summed E-state index contributed by atoms with van der Waals surface area (Å²) in [5.74, 6) is 0.104. The third-order valence-electron chi connectivity index (χ3n) is 3.33. The number of hydrogen-bond acceptors (Lipinski definition) is 3. The number of aryl methyl sites for hydroxylation is 1. The predicted molar refractivity (Wildman–Crippen MR) is 89.7 cm³/mol. The number of carbonyl (C=O) groups excluding carboxylic acids is 1. The SMILES string of the molecule is Cc1ccc(N(C)CC(=O)N(C)C)c(CNC(C)(C)C)c1. The smallest absolute Gasteiger partial charge is 0.241 e. The summed E-state index contributed by atoms with van der Waals surface area (Å²) < 4.78 is 0. The Bertz CT molecular complexity index is 489. The molecule has 0 radical (unpaired) electrons. The Kier molecular flexibility index (Phi) is 5.78. The van der Waals surface area contributed by atoms with Gasteiger partial charge in [0.15, 0.2) is 0 Å². The molecule has 118 valence electrons. The fourth-order valence-corrected chi connectivity index (χ4v) is 2.02. The van der Waals surface area contributed by atoms with Crippen molar-refractivity contribution in [3.63, 3.8) is 0 Å². The van der Waals surface area contributed by atoms with Crippen molar-refractivity contribution in [2.24, 2.45) is 0 Å². The molecule has 1 aromatic carbocycles. The van der Waals surface area contributed by atoms with Crippen LogP contribution in [0.15, 0.2) is 18.2 Å². The minimum absolute atomic E-state index is 0.0685. The van der Waals surface area contributed by atoms with Crippen molar-refractivity contribution in [1.29, 1.82) is 0 Å². The second kappa shape index (κ2) is 6.94. The number of nitrogens with zero attached hydrogens (tertiary/aromatic N) is 2. The topological polar surface area (TPSA) is 35.6 Å². The maximum Gasteiger partial charge on any atom is 0.241 e. The highest BCUT2D eigenvalue weighted by atomic mass is 16.2. The molecule has 4 nitrogen and oxygen atoms in total. The van der Waals surface area contributed by atoms with Crippen LogP contribution in [0.25, 0.3) is 0 Å². The van der Waals surface area contributed by atoms with E-state index in [1.807, 2.05) is 11.9 Å². The third kappa shape index (κ3) is 5.76. The molecule has 1 aromatic rings. The van der Waals surface area contributed by atoms with Gasteiger partial charge >= 0.3 is 0 Å². The van der Waals surface area contributed by atoms with E-state index in [4.69, 9.17) is 0 Å². The Hall–Kier alpha value is -1.55. The Morgan fingerprint density at radius 3 is 2.33 bits per heavy atom. The molecule has 1 N–H and O–H groups in total. The minimum atomic E-state index is 0.0685. The normalized spacial score (nSPS) is 11.4. The zero-order valence-electron chi connectivity index (χ0n) is 14.4. The molecule has 0 bridgehead atoms. The first-order valence-corrected chi connectivity index (χ1v) is 7.36. The lowest BCUT2D eigenvalue weighted by molar-refractivity contribution is -0.127. The van der Waals surface area contributed by atoms with Gasteiger partial charge in [0, 0.05) is 38.9 Å². The quantitative estimate of drug-likeness (QED) is 0.905. The zero-order valence-corrected chi connectivity index (χ0v) is 14.4. The van der Waals surface area contributed by atoms with Crippen LogP contribution in [0.5, 0.6) is 0 Å². The van der Waals surface area contributed by atoms with Crippen LogP contribution in [0.1, 0.15) is 31.9 Å². The molecule has 0 atom stereocenters. The van der Waals surface area contributed by atoms with Gasteiger partial charge in [-0.3, -0.25) is 4.79 Å². The Morgan fingerprint density at radius 2 is 1.81 bits per heavy atom. The number of rotatable bonds is 5. The summed E-state index contributed by atoms with van der Waals surface area (Å²) in [6, 6.07) is 6.37. The number of nitrogens with one attached hydrogen (secondary N) is 1. The molecule has 0 unspecified atom stereocenters. The molecule has 0 fully saturated rings. The summed E-state index contributed by atoms with van der Waals surface area (Å²) in [7, 11) is 5.54. The van der Waals surface area contributed by atoms with Crippen molar-refractivity contribution in [2.75, 3.05) is 32.6 Å². The van der Waals surface area contributed by atoms with E-state index in [0.29, 0.717) is 6.54 Å². The van der Waals surface area contributed by atoms with E-state index >= 15 is 0 Å².